The number of fused-ring (bicyclic) bond motifs is 1. The van der Waals surface area contributed by atoms with Gasteiger partial charge in [0, 0.05) is 30.5 Å². The molecule has 1 atom stereocenters. The molecule has 0 bridgehead atoms. The maximum atomic E-state index is 12.4. The van der Waals surface area contributed by atoms with Crippen molar-refractivity contribution in [2.75, 3.05) is 13.1 Å². The molecule has 3 aromatic rings. The summed E-state index contributed by atoms with van der Waals surface area (Å²) in [5.41, 5.74) is 4.65. The minimum atomic E-state index is -0.376. The van der Waals surface area contributed by atoms with Gasteiger partial charge in [-0.3, -0.25) is 14.9 Å². The van der Waals surface area contributed by atoms with E-state index >= 15 is 0 Å². The first-order valence-corrected chi connectivity index (χ1v) is 11.1. The van der Waals surface area contributed by atoms with E-state index in [9.17, 15) is 14.4 Å². The maximum Gasteiger partial charge on any atom is 0.410 e. The Labute approximate surface area is 191 Å². The molecule has 0 saturated carbocycles. The Kier molecular flexibility index (Phi) is 5.69. The lowest BCUT2D eigenvalue weighted by molar-refractivity contribution is -0.134. The van der Waals surface area contributed by atoms with E-state index in [4.69, 9.17) is 9.15 Å². The van der Waals surface area contributed by atoms with Crippen LogP contribution in [0.25, 0.3) is 16.5 Å². The number of rotatable bonds is 4. The highest BCUT2D eigenvalue weighted by Crippen LogP contribution is 2.34. The van der Waals surface area contributed by atoms with Gasteiger partial charge >= 0.3 is 6.09 Å². The Bertz CT molecular complexity index is 1240. The maximum absolute atomic E-state index is 12.4. The highest BCUT2D eigenvalue weighted by Gasteiger charge is 2.30. The van der Waals surface area contributed by atoms with Crippen molar-refractivity contribution in [2.45, 2.75) is 31.8 Å². The molecule has 3 heterocycles. The highest BCUT2D eigenvalue weighted by molar-refractivity contribution is 6.02. The fraction of sp³-hybridized carbons (Fsp3) is 0.269. The van der Waals surface area contributed by atoms with Crippen LogP contribution in [0.15, 0.2) is 65.3 Å². The lowest BCUT2D eigenvalue weighted by Crippen LogP contribution is -2.39. The van der Waals surface area contributed by atoms with Gasteiger partial charge in [0.1, 0.15) is 12.2 Å². The number of imide groups is 1. The minimum Gasteiger partial charge on any atom is -0.464 e. The van der Waals surface area contributed by atoms with Gasteiger partial charge in [-0.1, -0.05) is 48.5 Å². The average Bonchev–Trinajstić information content (AvgIpc) is 3.26. The molecule has 168 valence electrons. The molecule has 0 aliphatic carbocycles. The van der Waals surface area contributed by atoms with E-state index in [-0.39, 0.29) is 30.4 Å². The summed E-state index contributed by atoms with van der Waals surface area (Å²) >= 11 is 0. The van der Waals surface area contributed by atoms with Crippen LogP contribution in [-0.2, 0) is 20.9 Å². The number of nitrogens with zero attached hydrogens (tertiary/aromatic N) is 1. The fourth-order valence-electron chi connectivity index (χ4n) is 4.42. The monoisotopic (exact) mass is 444 g/mol. The topological polar surface area (TPSA) is 88.8 Å². The van der Waals surface area contributed by atoms with Crippen LogP contribution >= 0.6 is 0 Å². The zero-order valence-electron chi connectivity index (χ0n) is 18.1. The van der Waals surface area contributed by atoms with Gasteiger partial charge in [-0.05, 0) is 35.6 Å². The number of carbonyl (C=O) groups excluding carboxylic acids is 3. The number of piperidine rings is 1. The summed E-state index contributed by atoms with van der Waals surface area (Å²) in [6, 6.07) is 15.6. The Hall–Kier alpha value is -3.87. The molecule has 1 aromatic heterocycles. The fourth-order valence-corrected chi connectivity index (χ4v) is 4.42. The molecule has 33 heavy (non-hydrogen) atoms. The zero-order valence-corrected chi connectivity index (χ0v) is 18.1. The molecule has 1 fully saturated rings. The number of carbonyl (C=O) groups is 3. The Balaban J connectivity index is 1.25. The molecule has 0 radical (unpaired) electrons. The van der Waals surface area contributed by atoms with E-state index in [1.807, 2.05) is 54.6 Å². The van der Waals surface area contributed by atoms with Crippen LogP contribution in [0.4, 0.5) is 4.79 Å². The molecule has 0 spiro atoms. The first-order chi connectivity index (χ1) is 16.1. The summed E-state index contributed by atoms with van der Waals surface area (Å²) in [5, 5.41) is 3.29. The van der Waals surface area contributed by atoms with Crippen LogP contribution in [0.2, 0.25) is 0 Å². The molecular weight excluding hydrogens is 420 g/mol. The largest absolute Gasteiger partial charge is 0.464 e. The van der Waals surface area contributed by atoms with Crippen molar-refractivity contribution in [1.29, 1.82) is 0 Å². The molecule has 1 saturated heterocycles. The summed E-state index contributed by atoms with van der Waals surface area (Å²) in [4.78, 5) is 37.8. The smallest absolute Gasteiger partial charge is 0.410 e. The Morgan fingerprint density at radius 3 is 2.73 bits per heavy atom. The first-order valence-electron chi connectivity index (χ1n) is 11.1. The number of ether oxygens (including phenoxy) is 1. The van der Waals surface area contributed by atoms with E-state index < -0.39 is 0 Å². The van der Waals surface area contributed by atoms with E-state index in [0.29, 0.717) is 37.9 Å². The predicted molar refractivity (Wildman–Crippen MR) is 122 cm³/mol. The van der Waals surface area contributed by atoms with Gasteiger partial charge < -0.3 is 14.1 Å². The van der Waals surface area contributed by atoms with Crippen molar-refractivity contribution in [3.8, 4) is 0 Å². The van der Waals surface area contributed by atoms with Gasteiger partial charge in [0.15, 0.2) is 0 Å². The van der Waals surface area contributed by atoms with Gasteiger partial charge in [0.25, 0.3) is 0 Å². The average molecular weight is 444 g/mol. The van der Waals surface area contributed by atoms with Crippen molar-refractivity contribution in [3.63, 3.8) is 0 Å². The van der Waals surface area contributed by atoms with Gasteiger partial charge in [-0.15, -0.1) is 0 Å². The van der Waals surface area contributed by atoms with Crippen LogP contribution in [-0.4, -0.2) is 35.9 Å². The minimum absolute atomic E-state index is 0.228. The number of nitrogens with one attached hydrogen (secondary N) is 1. The normalized spacial score (nSPS) is 18.7. The van der Waals surface area contributed by atoms with Gasteiger partial charge in [0.05, 0.1) is 12.2 Å². The second kappa shape index (κ2) is 8.94. The van der Waals surface area contributed by atoms with Crippen LogP contribution in [0.1, 0.15) is 41.9 Å². The van der Waals surface area contributed by atoms with E-state index in [2.05, 4.69) is 5.32 Å². The van der Waals surface area contributed by atoms with Crippen molar-refractivity contribution in [1.82, 2.24) is 10.2 Å². The molecule has 1 unspecified atom stereocenters. The summed E-state index contributed by atoms with van der Waals surface area (Å²) in [7, 11) is 0. The quantitative estimate of drug-likeness (QED) is 0.604. The standard InChI is InChI=1S/C26H24N2O5/c29-24-9-8-21(25(30)27-24)22-16-32-23-14-19(6-7-20(22)23)18-10-12-28(13-11-18)26(31)33-15-17-4-2-1-3-5-17/h1-7,10,14,16,21H,8-9,11-13,15H2,(H,27,29,30). The highest BCUT2D eigenvalue weighted by atomic mass is 16.6. The van der Waals surface area contributed by atoms with Gasteiger partial charge in [0.2, 0.25) is 11.8 Å². The Morgan fingerprint density at radius 1 is 1.12 bits per heavy atom. The van der Waals surface area contributed by atoms with Crippen molar-refractivity contribution >= 4 is 34.4 Å². The number of benzene rings is 2. The number of furan rings is 1. The van der Waals surface area contributed by atoms with Crippen LogP contribution in [0.3, 0.4) is 0 Å². The summed E-state index contributed by atoms with van der Waals surface area (Å²) in [6.45, 7) is 1.33. The Morgan fingerprint density at radius 2 is 1.97 bits per heavy atom. The summed E-state index contributed by atoms with van der Waals surface area (Å²) in [6.07, 6.45) is 4.88. The molecular formula is C26H24N2O5. The van der Waals surface area contributed by atoms with E-state index in [1.54, 1.807) is 11.2 Å². The van der Waals surface area contributed by atoms with Crippen molar-refractivity contribution < 1.29 is 23.5 Å². The second-order valence-electron chi connectivity index (χ2n) is 8.37. The summed E-state index contributed by atoms with van der Waals surface area (Å²) in [5.74, 6) is -0.875. The lowest BCUT2D eigenvalue weighted by Gasteiger charge is -2.26. The molecule has 5 rings (SSSR count). The SMILES string of the molecule is O=C1CCC(c2coc3cc(C4=CCN(C(=O)OCc5ccccc5)CC4)ccc23)C(=O)N1. The molecule has 7 nitrogen and oxygen atoms in total. The van der Waals surface area contributed by atoms with Gasteiger partial charge in [-0.25, -0.2) is 4.79 Å². The zero-order chi connectivity index (χ0) is 22.8. The third-order valence-electron chi connectivity index (χ3n) is 6.26. The molecule has 3 amide bonds. The third-order valence-corrected chi connectivity index (χ3v) is 6.26. The van der Waals surface area contributed by atoms with Crippen molar-refractivity contribution in [2.24, 2.45) is 0 Å². The van der Waals surface area contributed by atoms with E-state index in [1.165, 1.54) is 0 Å². The van der Waals surface area contributed by atoms with Crippen LogP contribution in [0, 0.1) is 0 Å². The molecule has 1 N–H and O–H groups in total. The second-order valence-corrected chi connectivity index (χ2v) is 8.37. The molecule has 2 aliphatic rings. The first kappa shape index (κ1) is 21.0. The lowest BCUT2D eigenvalue weighted by atomic mass is 9.89. The number of amides is 3. The van der Waals surface area contributed by atoms with Crippen LogP contribution < -0.4 is 5.32 Å². The third kappa shape index (κ3) is 4.39. The molecule has 7 heteroatoms. The predicted octanol–water partition coefficient (Wildman–Crippen LogP) is 4.38. The van der Waals surface area contributed by atoms with E-state index in [0.717, 1.165) is 27.6 Å². The van der Waals surface area contributed by atoms with Crippen molar-refractivity contribution in [3.05, 3.63) is 77.6 Å². The molecule has 2 aromatic carbocycles. The number of hydrogen-bond donors (Lipinski definition) is 1. The van der Waals surface area contributed by atoms with Crippen LogP contribution in [0.5, 0.6) is 0 Å². The summed E-state index contributed by atoms with van der Waals surface area (Å²) < 4.78 is 11.2. The molecule has 2 aliphatic heterocycles. The number of hydrogen-bond acceptors (Lipinski definition) is 5. The van der Waals surface area contributed by atoms with Gasteiger partial charge in [-0.2, -0.15) is 0 Å².